The van der Waals surface area contributed by atoms with Crippen molar-refractivity contribution in [2.24, 2.45) is 0 Å². The van der Waals surface area contributed by atoms with E-state index in [1.54, 1.807) is 11.0 Å². The minimum absolute atomic E-state index is 0.596. The van der Waals surface area contributed by atoms with Gasteiger partial charge in [-0.1, -0.05) is 28.1 Å². The van der Waals surface area contributed by atoms with E-state index in [1.807, 2.05) is 28.9 Å². The first-order chi connectivity index (χ1) is 10.2. The Kier molecular flexibility index (Phi) is 4.34. The van der Waals surface area contributed by atoms with Crippen molar-refractivity contribution in [3.8, 4) is 11.4 Å². The molecule has 3 rings (SSSR count). The van der Waals surface area contributed by atoms with Crippen molar-refractivity contribution in [2.45, 2.75) is 20.0 Å². The van der Waals surface area contributed by atoms with Crippen LogP contribution in [-0.2, 0) is 13.1 Å². The molecular formula is C13H12BrIN6. The monoisotopic (exact) mass is 458 g/mol. The molecule has 0 N–H and O–H groups in total. The summed E-state index contributed by atoms with van der Waals surface area (Å²) < 4.78 is 3.99. The molecule has 0 saturated heterocycles. The number of halogens is 2. The molecule has 1 aromatic carbocycles. The van der Waals surface area contributed by atoms with Crippen LogP contribution in [0.5, 0.6) is 0 Å². The molecule has 0 amide bonds. The van der Waals surface area contributed by atoms with Crippen LogP contribution in [0.4, 0.5) is 0 Å². The Bertz CT molecular complexity index is 748. The van der Waals surface area contributed by atoms with Crippen molar-refractivity contribution in [2.75, 3.05) is 0 Å². The smallest absolute Gasteiger partial charge is 0.209 e. The number of tetrazole rings is 1. The zero-order chi connectivity index (χ0) is 14.8. The minimum Gasteiger partial charge on any atom is -0.259 e. The molecule has 0 saturated carbocycles. The second kappa shape index (κ2) is 6.22. The van der Waals surface area contributed by atoms with E-state index < -0.39 is 0 Å². The average Bonchev–Trinajstić information content (AvgIpc) is 3.08. The number of nitrogens with zero attached hydrogens (tertiary/aromatic N) is 6. The Balaban J connectivity index is 1.82. The van der Waals surface area contributed by atoms with E-state index in [0.29, 0.717) is 12.4 Å². The van der Waals surface area contributed by atoms with Gasteiger partial charge in [0.05, 0.1) is 18.3 Å². The summed E-state index contributed by atoms with van der Waals surface area (Å²) >= 11 is 5.68. The van der Waals surface area contributed by atoms with Crippen LogP contribution in [0.25, 0.3) is 11.4 Å². The van der Waals surface area contributed by atoms with Crippen LogP contribution in [0.3, 0.4) is 0 Å². The molecular weight excluding hydrogens is 447 g/mol. The first kappa shape index (κ1) is 14.6. The van der Waals surface area contributed by atoms with Crippen LogP contribution in [-0.4, -0.2) is 30.0 Å². The van der Waals surface area contributed by atoms with Gasteiger partial charge in [0.1, 0.15) is 3.70 Å². The standard InChI is InChI=1S/C13H12BrIN6/c1-2-20-12(15)11(7-16-20)13-17-19-21(18-13)8-9-3-5-10(14)6-4-9/h3-7H,2,8H2,1H3. The van der Waals surface area contributed by atoms with Gasteiger partial charge in [0.25, 0.3) is 0 Å². The van der Waals surface area contributed by atoms with E-state index in [2.05, 4.69) is 66.0 Å². The first-order valence-electron chi connectivity index (χ1n) is 6.41. The molecule has 6 nitrogen and oxygen atoms in total. The van der Waals surface area contributed by atoms with Crippen LogP contribution >= 0.6 is 38.5 Å². The molecule has 0 aliphatic rings. The Hall–Kier alpha value is -1.29. The lowest BCUT2D eigenvalue weighted by Crippen LogP contribution is -2.04. The molecule has 0 fully saturated rings. The fourth-order valence-electron chi connectivity index (χ4n) is 1.91. The van der Waals surface area contributed by atoms with Crippen LogP contribution in [0.15, 0.2) is 34.9 Å². The molecule has 0 unspecified atom stereocenters. The second-order valence-electron chi connectivity index (χ2n) is 4.43. The van der Waals surface area contributed by atoms with Gasteiger partial charge in [-0.2, -0.15) is 9.90 Å². The molecule has 21 heavy (non-hydrogen) atoms. The van der Waals surface area contributed by atoms with Gasteiger partial charge in [0.2, 0.25) is 5.82 Å². The molecule has 0 atom stereocenters. The summed E-state index contributed by atoms with van der Waals surface area (Å²) in [5.41, 5.74) is 2.04. The molecule has 3 aromatic rings. The zero-order valence-corrected chi connectivity index (χ0v) is 15.0. The van der Waals surface area contributed by atoms with Crippen molar-refractivity contribution in [3.63, 3.8) is 0 Å². The van der Waals surface area contributed by atoms with Gasteiger partial charge in [0.15, 0.2) is 0 Å². The predicted octanol–water partition coefficient (Wildman–Crippen LogP) is 2.97. The van der Waals surface area contributed by atoms with Crippen molar-refractivity contribution >= 4 is 38.5 Å². The maximum atomic E-state index is 4.43. The second-order valence-corrected chi connectivity index (χ2v) is 6.37. The molecule has 2 heterocycles. The maximum absolute atomic E-state index is 4.43. The van der Waals surface area contributed by atoms with Crippen LogP contribution in [0.1, 0.15) is 12.5 Å². The van der Waals surface area contributed by atoms with E-state index in [1.165, 1.54) is 0 Å². The van der Waals surface area contributed by atoms with E-state index in [0.717, 1.165) is 25.8 Å². The quantitative estimate of drug-likeness (QED) is 0.564. The molecule has 0 radical (unpaired) electrons. The van der Waals surface area contributed by atoms with Gasteiger partial charge in [-0.05, 0) is 52.4 Å². The number of hydrogen-bond acceptors (Lipinski definition) is 4. The van der Waals surface area contributed by atoms with Gasteiger partial charge in [0, 0.05) is 11.0 Å². The summed E-state index contributed by atoms with van der Waals surface area (Å²) in [4.78, 5) is 1.60. The molecule has 0 bridgehead atoms. The van der Waals surface area contributed by atoms with E-state index in [4.69, 9.17) is 0 Å². The normalized spacial score (nSPS) is 11.0. The fourth-order valence-corrected chi connectivity index (χ4v) is 3.02. The Morgan fingerprint density at radius 1 is 1.24 bits per heavy atom. The van der Waals surface area contributed by atoms with Crippen LogP contribution < -0.4 is 0 Å². The van der Waals surface area contributed by atoms with E-state index in [-0.39, 0.29) is 0 Å². The topological polar surface area (TPSA) is 61.4 Å². The van der Waals surface area contributed by atoms with Gasteiger partial charge in [-0.25, -0.2) is 0 Å². The molecule has 2 aromatic heterocycles. The van der Waals surface area contributed by atoms with Crippen molar-refractivity contribution in [3.05, 3.63) is 44.2 Å². The van der Waals surface area contributed by atoms with Crippen LogP contribution in [0.2, 0.25) is 0 Å². The Morgan fingerprint density at radius 3 is 2.67 bits per heavy atom. The highest BCUT2D eigenvalue weighted by atomic mass is 127. The Labute approximate surface area is 143 Å². The fraction of sp³-hybridized carbons (Fsp3) is 0.231. The highest BCUT2D eigenvalue weighted by Crippen LogP contribution is 2.21. The summed E-state index contributed by atoms with van der Waals surface area (Å²) in [6.07, 6.45) is 1.78. The molecule has 108 valence electrons. The zero-order valence-electron chi connectivity index (χ0n) is 11.2. The number of rotatable bonds is 4. The summed E-state index contributed by atoms with van der Waals surface area (Å²) in [6.45, 7) is 3.47. The minimum atomic E-state index is 0.596. The molecule has 0 spiro atoms. The van der Waals surface area contributed by atoms with Gasteiger partial charge < -0.3 is 0 Å². The van der Waals surface area contributed by atoms with E-state index >= 15 is 0 Å². The third kappa shape index (κ3) is 3.15. The summed E-state index contributed by atoms with van der Waals surface area (Å²) in [5.74, 6) is 0.608. The van der Waals surface area contributed by atoms with Crippen molar-refractivity contribution in [1.29, 1.82) is 0 Å². The molecule has 0 aliphatic carbocycles. The maximum Gasteiger partial charge on any atom is 0.209 e. The highest BCUT2D eigenvalue weighted by molar-refractivity contribution is 14.1. The van der Waals surface area contributed by atoms with E-state index in [9.17, 15) is 0 Å². The number of hydrogen-bond donors (Lipinski definition) is 0. The number of aryl methyl sites for hydroxylation is 1. The van der Waals surface area contributed by atoms with Gasteiger partial charge >= 0.3 is 0 Å². The van der Waals surface area contributed by atoms with Gasteiger partial charge in [-0.3, -0.25) is 4.68 Å². The number of aromatic nitrogens is 6. The van der Waals surface area contributed by atoms with Crippen molar-refractivity contribution < 1.29 is 0 Å². The highest BCUT2D eigenvalue weighted by Gasteiger charge is 2.14. The third-order valence-electron chi connectivity index (χ3n) is 3.01. The Morgan fingerprint density at radius 2 is 2.00 bits per heavy atom. The summed E-state index contributed by atoms with van der Waals surface area (Å²) in [7, 11) is 0. The lowest BCUT2D eigenvalue weighted by molar-refractivity contribution is 0.573. The number of benzene rings is 1. The largest absolute Gasteiger partial charge is 0.259 e. The summed E-state index contributed by atoms with van der Waals surface area (Å²) in [5, 5.41) is 17.0. The van der Waals surface area contributed by atoms with Gasteiger partial charge in [-0.15, -0.1) is 10.2 Å². The lowest BCUT2D eigenvalue weighted by Gasteiger charge is -1.99. The molecule has 8 heteroatoms. The lowest BCUT2D eigenvalue weighted by atomic mass is 10.2. The SMILES string of the molecule is CCn1ncc(-c2nnn(Cc3ccc(Br)cc3)n2)c1I. The van der Waals surface area contributed by atoms with Crippen molar-refractivity contribution in [1.82, 2.24) is 30.0 Å². The first-order valence-corrected chi connectivity index (χ1v) is 8.28. The predicted molar refractivity (Wildman–Crippen MR) is 90.7 cm³/mol. The summed E-state index contributed by atoms with van der Waals surface area (Å²) in [6, 6.07) is 8.07. The van der Waals surface area contributed by atoms with Crippen LogP contribution in [0, 0.1) is 3.70 Å². The molecule has 0 aliphatic heterocycles. The average molecular weight is 459 g/mol. The third-order valence-corrected chi connectivity index (χ3v) is 4.67.